The Morgan fingerprint density at radius 1 is 1.35 bits per heavy atom. The van der Waals surface area contributed by atoms with Gasteiger partial charge < -0.3 is 10.6 Å². The summed E-state index contributed by atoms with van der Waals surface area (Å²) in [5.74, 6) is 0.610. The Bertz CT molecular complexity index is 439. The van der Waals surface area contributed by atoms with Crippen molar-refractivity contribution in [3.8, 4) is 0 Å². The highest BCUT2D eigenvalue weighted by Gasteiger charge is 2.36. The van der Waals surface area contributed by atoms with E-state index in [0.717, 1.165) is 13.1 Å². The number of hydrogen-bond donors (Lipinski definition) is 1. The first-order chi connectivity index (χ1) is 9.44. The van der Waals surface area contributed by atoms with Gasteiger partial charge in [-0.25, -0.2) is 0 Å². The molecule has 0 aromatic heterocycles. The van der Waals surface area contributed by atoms with Crippen molar-refractivity contribution in [2.45, 2.75) is 53.0 Å². The fourth-order valence-electron chi connectivity index (χ4n) is 3.53. The summed E-state index contributed by atoms with van der Waals surface area (Å²) in [6.07, 6.45) is 3.85. The van der Waals surface area contributed by atoms with Gasteiger partial charge in [-0.05, 0) is 55.7 Å². The predicted molar refractivity (Wildman–Crippen MR) is 88.2 cm³/mol. The molecule has 1 aliphatic rings. The lowest BCUT2D eigenvalue weighted by atomic mass is 9.68. The molecular weight excluding hydrogens is 244 g/mol. The van der Waals surface area contributed by atoms with Gasteiger partial charge in [-0.1, -0.05) is 32.4 Å². The number of benzene rings is 1. The molecule has 20 heavy (non-hydrogen) atoms. The lowest BCUT2D eigenvalue weighted by molar-refractivity contribution is 0.142. The predicted octanol–water partition coefficient (Wildman–Crippen LogP) is 3.97. The highest BCUT2D eigenvalue weighted by Crippen LogP contribution is 2.38. The molecule has 0 radical (unpaired) electrons. The minimum absolute atomic E-state index is 0.287. The van der Waals surface area contributed by atoms with E-state index >= 15 is 0 Å². The summed E-state index contributed by atoms with van der Waals surface area (Å²) < 4.78 is 0. The average molecular weight is 274 g/mol. The van der Waals surface area contributed by atoms with Crippen LogP contribution in [0.25, 0.3) is 0 Å². The molecule has 1 aromatic rings. The minimum Gasteiger partial charge on any atom is -0.371 e. The number of hydrogen-bond acceptors (Lipinski definition) is 2. The normalized spacial score (nSPS) is 25.4. The van der Waals surface area contributed by atoms with Crippen molar-refractivity contribution in [3.63, 3.8) is 0 Å². The number of anilines is 1. The maximum Gasteiger partial charge on any atom is 0.0368 e. The molecule has 1 aliphatic carbocycles. The summed E-state index contributed by atoms with van der Waals surface area (Å²) >= 11 is 0. The number of nitrogens with two attached hydrogens (primary N) is 1. The van der Waals surface area contributed by atoms with Gasteiger partial charge in [-0.15, -0.1) is 0 Å². The molecule has 2 N–H and O–H groups in total. The fourth-order valence-corrected chi connectivity index (χ4v) is 3.53. The van der Waals surface area contributed by atoms with Crippen LogP contribution in [0.1, 0.15) is 45.6 Å². The van der Waals surface area contributed by atoms with E-state index in [4.69, 9.17) is 5.73 Å². The van der Waals surface area contributed by atoms with Crippen LogP contribution >= 0.6 is 0 Å². The second-order valence-corrected chi connectivity index (χ2v) is 7.04. The molecule has 112 valence electrons. The van der Waals surface area contributed by atoms with E-state index in [1.807, 2.05) is 0 Å². The summed E-state index contributed by atoms with van der Waals surface area (Å²) in [7, 11) is 0. The maximum absolute atomic E-state index is 6.54. The molecule has 0 bridgehead atoms. The van der Waals surface area contributed by atoms with Crippen molar-refractivity contribution < 1.29 is 0 Å². The molecule has 0 heterocycles. The summed E-state index contributed by atoms with van der Waals surface area (Å²) in [6.45, 7) is 11.2. The fraction of sp³-hybridized carbons (Fsp3) is 0.667. The molecule has 1 aromatic carbocycles. The van der Waals surface area contributed by atoms with E-state index in [0.29, 0.717) is 12.0 Å². The van der Waals surface area contributed by atoms with Crippen LogP contribution in [0.4, 0.5) is 5.69 Å². The van der Waals surface area contributed by atoms with Crippen LogP contribution in [0.2, 0.25) is 0 Å². The van der Waals surface area contributed by atoms with Gasteiger partial charge in [-0.3, -0.25) is 0 Å². The molecule has 1 fully saturated rings. The summed E-state index contributed by atoms with van der Waals surface area (Å²) in [4.78, 5) is 2.49. The Morgan fingerprint density at radius 3 is 2.75 bits per heavy atom. The minimum atomic E-state index is 0.287. The third kappa shape index (κ3) is 3.35. The van der Waals surface area contributed by atoms with Gasteiger partial charge in [0, 0.05) is 24.8 Å². The molecule has 2 unspecified atom stereocenters. The monoisotopic (exact) mass is 274 g/mol. The standard InChI is InChI=1S/C18H30N2/c1-5-20(16-10-6-8-14(2)12-16)13-15-9-7-11-18(3,4)17(15)19/h6,8,10,12,15,17H,5,7,9,11,13,19H2,1-4H3. The van der Waals surface area contributed by atoms with Crippen LogP contribution in [-0.4, -0.2) is 19.1 Å². The highest BCUT2D eigenvalue weighted by atomic mass is 15.1. The number of rotatable bonds is 4. The van der Waals surface area contributed by atoms with Crippen LogP contribution in [-0.2, 0) is 0 Å². The second kappa shape index (κ2) is 6.17. The topological polar surface area (TPSA) is 29.3 Å². The van der Waals surface area contributed by atoms with E-state index in [1.54, 1.807) is 0 Å². The maximum atomic E-state index is 6.54. The Labute approximate surface area is 124 Å². The van der Waals surface area contributed by atoms with Crippen molar-refractivity contribution in [2.75, 3.05) is 18.0 Å². The molecule has 2 nitrogen and oxygen atoms in total. The van der Waals surface area contributed by atoms with Crippen LogP contribution in [0.5, 0.6) is 0 Å². The molecule has 2 rings (SSSR count). The molecular formula is C18H30N2. The van der Waals surface area contributed by atoms with E-state index < -0.39 is 0 Å². The van der Waals surface area contributed by atoms with Crippen molar-refractivity contribution in [1.82, 2.24) is 0 Å². The third-order valence-electron chi connectivity index (χ3n) is 5.01. The van der Waals surface area contributed by atoms with Crippen LogP contribution in [0, 0.1) is 18.3 Å². The van der Waals surface area contributed by atoms with Gasteiger partial charge in [0.1, 0.15) is 0 Å². The van der Waals surface area contributed by atoms with Crippen LogP contribution < -0.4 is 10.6 Å². The van der Waals surface area contributed by atoms with Crippen LogP contribution in [0.3, 0.4) is 0 Å². The third-order valence-corrected chi connectivity index (χ3v) is 5.01. The van der Waals surface area contributed by atoms with E-state index in [2.05, 4.69) is 56.9 Å². The molecule has 0 aliphatic heterocycles. The zero-order valence-electron chi connectivity index (χ0n) is 13.5. The highest BCUT2D eigenvalue weighted by molar-refractivity contribution is 5.48. The molecule has 1 saturated carbocycles. The van der Waals surface area contributed by atoms with Gasteiger partial charge >= 0.3 is 0 Å². The quantitative estimate of drug-likeness (QED) is 0.900. The van der Waals surface area contributed by atoms with E-state index in [1.165, 1.54) is 30.5 Å². The molecule has 0 amide bonds. The van der Waals surface area contributed by atoms with Crippen molar-refractivity contribution >= 4 is 5.69 Å². The summed E-state index contributed by atoms with van der Waals surface area (Å²) in [6, 6.07) is 9.12. The van der Waals surface area contributed by atoms with E-state index in [9.17, 15) is 0 Å². The van der Waals surface area contributed by atoms with Gasteiger partial charge in [0.2, 0.25) is 0 Å². The molecule has 2 heteroatoms. The SMILES string of the molecule is CCN(CC1CCCC(C)(C)C1N)c1cccc(C)c1. The van der Waals surface area contributed by atoms with Crippen LogP contribution in [0.15, 0.2) is 24.3 Å². The first-order valence-electron chi connectivity index (χ1n) is 8.01. The van der Waals surface area contributed by atoms with Crippen molar-refractivity contribution in [2.24, 2.45) is 17.1 Å². The zero-order valence-corrected chi connectivity index (χ0v) is 13.5. The summed E-state index contributed by atoms with van der Waals surface area (Å²) in [5.41, 5.74) is 9.49. The zero-order chi connectivity index (χ0) is 14.8. The largest absolute Gasteiger partial charge is 0.371 e. The van der Waals surface area contributed by atoms with Gasteiger partial charge in [0.25, 0.3) is 0 Å². The average Bonchev–Trinajstić information content (AvgIpc) is 2.40. The molecule has 0 saturated heterocycles. The Hall–Kier alpha value is -1.02. The number of aryl methyl sites for hydroxylation is 1. The molecule has 0 spiro atoms. The Kier molecular flexibility index (Phi) is 4.74. The van der Waals surface area contributed by atoms with Gasteiger partial charge in [0.05, 0.1) is 0 Å². The van der Waals surface area contributed by atoms with Gasteiger partial charge in [-0.2, -0.15) is 0 Å². The first-order valence-corrected chi connectivity index (χ1v) is 8.01. The van der Waals surface area contributed by atoms with Crippen molar-refractivity contribution in [1.29, 1.82) is 0 Å². The van der Waals surface area contributed by atoms with Crippen molar-refractivity contribution in [3.05, 3.63) is 29.8 Å². The second-order valence-electron chi connectivity index (χ2n) is 7.04. The Balaban J connectivity index is 2.10. The first kappa shape index (κ1) is 15.4. The lowest BCUT2D eigenvalue weighted by Gasteiger charge is -2.44. The summed E-state index contributed by atoms with van der Waals surface area (Å²) in [5, 5.41) is 0. The van der Waals surface area contributed by atoms with Gasteiger partial charge in [0.15, 0.2) is 0 Å². The van der Waals surface area contributed by atoms with E-state index in [-0.39, 0.29) is 5.41 Å². The number of nitrogens with zero attached hydrogens (tertiary/aromatic N) is 1. The lowest BCUT2D eigenvalue weighted by Crippen LogP contribution is -2.50. The Morgan fingerprint density at radius 2 is 2.10 bits per heavy atom. The molecule has 2 atom stereocenters. The smallest absolute Gasteiger partial charge is 0.0368 e.